The standard InChI is InChI=1S/C10H11O4Si/c1-15(2)7-5-3-4-6(9(11)12)8(7)10(13)14/h3-5H,1-2H3,(H,11,12)(H,13,14). The molecular formula is C10H11O4Si. The van der Waals surface area contributed by atoms with Gasteiger partial charge in [0, 0.05) is 0 Å². The van der Waals surface area contributed by atoms with Gasteiger partial charge < -0.3 is 10.2 Å². The molecule has 0 atom stereocenters. The van der Waals surface area contributed by atoms with Gasteiger partial charge in [-0.05, 0) is 11.3 Å². The summed E-state index contributed by atoms with van der Waals surface area (Å²) in [6.45, 7) is 3.86. The maximum absolute atomic E-state index is 11.0. The van der Waals surface area contributed by atoms with Crippen LogP contribution in [0.4, 0.5) is 0 Å². The van der Waals surface area contributed by atoms with Gasteiger partial charge in [-0.25, -0.2) is 9.59 Å². The molecule has 0 saturated heterocycles. The van der Waals surface area contributed by atoms with Crippen molar-refractivity contribution in [2.24, 2.45) is 0 Å². The van der Waals surface area contributed by atoms with Gasteiger partial charge in [0.25, 0.3) is 0 Å². The molecule has 4 nitrogen and oxygen atoms in total. The Balaban J connectivity index is 3.48. The van der Waals surface area contributed by atoms with E-state index in [1.165, 1.54) is 6.07 Å². The van der Waals surface area contributed by atoms with Crippen molar-refractivity contribution < 1.29 is 19.8 Å². The first-order valence-corrected chi connectivity index (χ1v) is 6.85. The maximum Gasteiger partial charge on any atom is 0.336 e. The van der Waals surface area contributed by atoms with Gasteiger partial charge in [0.1, 0.15) is 0 Å². The molecule has 1 aromatic rings. The van der Waals surface area contributed by atoms with Crippen LogP contribution in [-0.2, 0) is 0 Å². The molecule has 0 aromatic heterocycles. The Morgan fingerprint density at radius 2 is 1.73 bits per heavy atom. The molecule has 0 heterocycles. The summed E-state index contributed by atoms with van der Waals surface area (Å²) in [7, 11) is -0.986. The number of aromatic carboxylic acids is 2. The highest BCUT2D eigenvalue weighted by molar-refractivity contribution is 6.72. The molecule has 79 valence electrons. The average Bonchev–Trinajstić information content (AvgIpc) is 2.16. The van der Waals surface area contributed by atoms with E-state index in [4.69, 9.17) is 10.2 Å². The SMILES string of the molecule is C[Si](C)c1cccc(C(=O)O)c1C(=O)O. The van der Waals surface area contributed by atoms with Crippen molar-refractivity contribution in [3.63, 3.8) is 0 Å². The Bertz CT molecular complexity index is 412. The van der Waals surface area contributed by atoms with Gasteiger partial charge in [0.05, 0.1) is 19.9 Å². The van der Waals surface area contributed by atoms with E-state index in [9.17, 15) is 9.59 Å². The summed E-state index contributed by atoms with van der Waals surface area (Å²) in [5.74, 6) is -2.37. The van der Waals surface area contributed by atoms with Gasteiger partial charge in [0.15, 0.2) is 0 Å². The number of hydrogen-bond acceptors (Lipinski definition) is 2. The van der Waals surface area contributed by atoms with Crippen molar-refractivity contribution >= 4 is 25.9 Å². The lowest BCUT2D eigenvalue weighted by molar-refractivity contribution is 0.0652. The summed E-state index contributed by atoms with van der Waals surface area (Å²) >= 11 is 0. The number of rotatable bonds is 3. The van der Waals surface area contributed by atoms with E-state index in [0.29, 0.717) is 5.19 Å². The van der Waals surface area contributed by atoms with Crippen molar-refractivity contribution in [2.75, 3.05) is 0 Å². The van der Waals surface area contributed by atoms with Crippen LogP contribution >= 0.6 is 0 Å². The molecule has 0 bridgehead atoms. The molecule has 1 rings (SSSR count). The number of hydrogen-bond donors (Lipinski definition) is 2. The molecule has 0 fully saturated rings. The predicted molar refractivity (Wildman–Crippen MR) is 57.5 cm³/mol. The molecule has 0 aliphatic rings. The highest BCUT2D eigenvalue weighted by atomic mass is 28.3. The summed E-state index contributed by atoms with van der Waals surface area (Å²) in [5, 5.41) is 18.5. The van der Waals surface area contributed by atoms with Gasteiger partial charge in [-0.3, -0.25) is 0 Å². The normalized spacial score (nSPS) is 10.3. The topological polar surface area (TPSA) is 74.6 Å². The number of carboxylic acid groups (broad SMARTS) is 2. The Morgan fingerprint density at radius 3 is 2.13 bits per heavy atom. The summed E-state index contributed by atoms with van der Waals surface area (Å²) in [4.78, 5) is 21.9. The number of carbonyl (C=O) groups is 2. The van der Waals surface area contributed by atoms with Crippen LogP contribution in [0.2, 0.25) is 13.1 Å². The summed E-state index contributed by atoms with van der Waals surface area (Å²) in [5.41, 5.74) is -0.199. The van der Waals surface area contributed by atoms with E-state index in [2.05, 4.69) is 0 Å². The van der Waals surface area contributed by atoms with Crippen molar-refractivity contribution in [3.8, 4) is 0 Å². The van der Waals surface area contributed by atoms with Crippen LogP contribution in [0, 0.1) is 0 Å². The second-order valence-corrected chi connectivity index (χ2v) is 5.88. The zero-order chi connectivity index (χ0) is 11.6. The average molecular weight is 223 g/mol. The highest BCUT2D eigenvalue weighted by Gasteiger charge is 2.21. The predicted octanol–water partition coefficient (Wildman–Crippen LogP) is 1.04. The first-order valence-electron chi connectivity index (χ1n) is 4.35. The minimum absolute atomic E-state index is 0.0658. The first-order chi connectivity index (χ1) is 6.95. The third kappa shape index (κ3) is 2.24. The zero-order valence-electron chi connectivity index (χ0n) is 8.44. The molecule has 15 heavy (non-hydrogen) atoms. The molecule has 5 heteroatoms. The maximum atomic E-state index is 11.0. The third-order valence-corrected chi connectivity index (χ3v) is 3.54. The number of carboxylic acids is 2. The smallest absolute Gasteiger partial charge is 0.336 e. The van der Waals surface area contributed by atoms with Crippen molar-refractivity contribution in [2.45, 2.75) is 13.1 Å². The van der Waals surface area contributed by atoms with Gasteiger partial charge in [-0.15, -0.1) is 0 Å². The van der Waals surface area contributed by atoms with Crippen molar-refractivity contribution in [1.82, 2.24) is 0 Å². The van der Waals surface area contributed by atoms with Gasteiger partial charge in [-0.2, -0.15) is 0 Å². The largest absolute Gasteiger partial charge is 0.478 e. The quantitative estimate of drug-likeness (QED) is 0.751. The third-order valence-electron chi connectivity index (χ3n) is 2.05. The van der Waals surface area contributed by atoms with Crippen LogP contribution in [0.25, 0.3) is 0 Å². The molecule has 0 unspecified atom stereocenters. The molecule has 1 radical (unpaired) electrons. The van der Waals surface area contributed by atoms with Gasteiger partial charge in [-0.1, -0.05) is 25.2 Å². The monoisotopic (exact) mass is 223 g/mol. The van der Waals surface area contributed by atoms with E-state index in [1.807, 2.05) is 13.1 Å². The van der Waals surface area contributed by atoms with Crippen LogP contribution in [0.3, 0.4) is 0 Å². The summed E-state index contributed by atoms with van der Waals surface area (Å²) in [6.07, 6.45) is 0. The van der Waals surface area contributed by atoms with E-state index in [0.717, 1.165) is 0 Å². The van der Waals surface area contributed by atoms with Gasteiger partial charge >= 0.3 is 11.9 Å². The van der Waals surface area contributed by atoms with E-state index >= 15 is 0 Å². The molecule has 2 N–H and O–H groups in total. The minimum atomic E-state index is -1.20. The Kier molecular flexibility index (Phi) is 3.26. The first kappa shape index (κ1) is 11.5. The van der Waals surface area contributed by atoms with Crippen LogP contribution < -0.4 is 5.19 Å². The van der Waals surface area contributed by atoms with E-state index < -0.39 is 20.7 Å². The lowest BCUT2D eigenvalue weighted by Gasteiger charge is -2.10. The molecule has 0 spiro atoms. The van der Waals surface area contributed by atoms with Crippen LogP contribution in [0.5, 0.6) is 0 Å². The van der Waals surface area contributed by atoms with Crippen molar-refractivity contribution in [1.29, 1.82) is 0 Å². The molecular weight excluding hydrogens is 212 g/mol. The number of benzene rings is 1. The lowest BCUT2D eigenvalue weighted by Crippen LogP contribution is -2.31. The summed E-state index contributed by atoms with van der Waals surface area (Å²) < 4.78 is 0. The Hall–Kier alpha value is -1.62. The molecule has 0 aliphatic carbocycles. The van der Waals surface area contributed by atoms with E-state index in [1.54, 1.807) is 12.1 Å². The fourth-order valence-corrected chi connectivity index (χ4v) is 2.55. The minimum Gasteiger partial charge on any atom is -0.478 e. The molecule has 0 amide bonds. The lowest BCUT2D eigenvalue weighted by atomic mass is 10.1. The molecule has 0 aliphatic heterocycles. The second kappa shape index (κ2) is 4.27. The molecule has 0 saturated carbocycles. The zero-order valence-corrected chi connectivity index (χ0v) is 9.44. The fourth-order valence-electron chi connectivity index (χ4n) is 1.38. The van der Waals surface area contributed by atoms with Crippen LogP contribution in [0.1, 0.15) is 20.7 Å². The van der Waals surface area contributed by atoms with Crippen molar-refractivity contribution in [3.05, 3.63) is 29.3 Å². The Labute approximate surface area is 88.8 Å². The van der Waals surface area contributed by atoms with Gasteiger partial charge in [0.2, 0.25) is 0 Å². The second-order valence-electron chi connectivity index (χ2n) is 3.34. The van der Waals surface area contributed by atoms with Crippen LogP contribution in [0.15, 0.2) is 18.2 Å². The van der Waals surface area contributed by atoms with Crippen LogP contribution in [-0.4, -0.2) is 30.9 Å². The Morgan fingerprint density at radius 1 is 1.13 bits per heavy atom. The van der Waals surface area contributed by atoms with E-state index in [-0.39, 0.29) is 11.1 Å². The molecule has 1 aromatic carbocycles. The highest BCUT2D eigenvalue weighted by Crippen LogP contribution is 2.08. The fraction of sp³-hybridized carbons (Fsp3) is 0.200. The summed E-state index contributed by atoms with van der Waals surface area (Å²) in [6, 6.07) is 4.59.